The summed E-state index contributed by atoms with van der Waals surface area (Å²) in [6, 6.07) is 4.22. The van der Waals surface area contributed by atoms with Crippen LogP contribution in [-0.4, -0.2) is 38.8 Å². The lowest BCUT2D eigenvalue weighted by molar-refractivity contribution is 0.114. The Kier molecular flexibility index (Phi) is 8.62. The van der Waals surface area contributed by atoms with Crippen LogP contribution in [-0.2, 0) is 11.2 Å². The molecule has 0 aliphatic carbocycles. The minimum atomic E-state index is -0.812. The summed E-state index contributed by atoms with van der Waals surface area (Å²) in [5.74, 6) is -0.947. The topological polar surface area (TPSA) is 45.7 Å². The standard InChI is InChI=1S/C15H21F2N3O.HI/c1-18-15(20-10-12-5-3-9-21-12)19-8-7-11-4-2-6-13(16)14(11)17;/h2,4,6,12H,3,5,7-10H2,1H3,(H2,18,19,20);1H. The SMILES string of the molecule is CN=C(NCCc1cccc(F)c1F)NCC1CCCO1.I. The smallest absolute Gasteiger partial charge is 0.191 e. The van der Waals surface area contributed by atoms with Crippen LogP contribution in [0.5, 0.6) is 0 Å². The van der Waals surface area contributed by atoms with E-state index in [2.05, 4.69) is 15.6 Å². The first-order chi connectivity index (χ1) is 10.2. The molecule has 1 aliphatic rings. The van der Waals surface area contributed by atoms with E-state index in [1.807, 2.05) is 0 Å². The second-order valence-corrected chi connectivity index (χ2v) is 4.98. The molecule has 1 saturated heterocycles. The average molecular weight is 425 g/mol. The zero-order valence-electron chi connectivity index (χ0n) is 12.6. The third-order valence-electron chi connectivity index (χ3n) is 3.46. The van der Waals surface area contributed by atoms with Crippen molar-refractivity contribution in [3.8, 4) is 0 Å². The van der Waals surface area contributed by atoms with Crippen molar-refractivity contribution in [1.82, 2.24) is 10.6 Å². The molecule has 1 aromatic carbocycles. The van der Waals surface area contributed by atoms with Gasteiger partial charge in [-0.2, -0.15) is 0 Å². The van der Waals surface area contributed by atoms with Crippen LogP contribution in [0.1, 0.15) is 18.4 Å². The van der Waals surface area contributed by atoms with E-state index in [0.29, 0.717) is 31.0 Å². The Morgan fingerprint density at radius 3 is 2.86 bits per heavy atom. The van der Waals surface area contributed by atoms with Gasteiger partial charge in [-0.15, -0.1) is 24.0 Å². The fourth-order valence-corrected chi connectivity index (χ4v) is 2.29. The van der Waals surface area contributed by atoms with E-state index in [4.69, 9.17) is 4.74 Å². The van der Waals surface area contributed by atoms with Gasteiger partial charge in [0.2, 0.25) is 0 Å². The number of ether oxygens (including phenoxy) is 1. The monoisotopic (exact) mass is 425 g/mol. The Labute approximate surface area is 146 Å². The molecular weight excluding hydrogens is 403 g/mol. The molecular formula is C15H22F2IN3O. The van der Waals surface area contributed by atoms with Gasteiger partial charge in [0.15, 0.2) is 17.6 Å². The van der Waals surface area contributed by atoms with Gasteiger partial charge >= 0.3 is 0 Å². The predicted octanol–water partition coefficient (Wildman–Crippen LogP) is 2.47. The van der Waals surface area contributed by atoms with Gasteiger partial charge in [-0.1, -0.05) is 12.1 Å². The van der Waals surface area contributed by atoms with Gasteiger partial charge in [-0.3, -0.25) is 4.99 Å². The Hall–Kier alpha value is -0.960. The van der Waals surface area contributed by atoms with Crippen molar-refractivity contribution in [3.05, 3.63) is 35.4 Å². The molecule has 2 rings (SSSR count). The molecule has 124 valence electrons. The number of nitrogens with one attached hydrogen (secondary N) is 2. The molecule has 0 bridgehead atoms. The molecule has 7 heteroatoms. The van der Waals surface area contributed by atoms with E-state index in [1.165, 1.54) is 6.07 Å². The highest BCUT2D eigenvalue weighted by Gasteiger charge is 2.15. The second-order valence-electron chi connectivity index (χ2n) is 4.98. The first kappa shape index (κ1) is 19.1. The fraction of sp³-hybridized carbons (Fsp3) is 0.533. The Balaban J connectivity index is 0.00000242. The molecule has 1 fully saturated rings. The summed E-state index contributed by atoms with van der Waals surface area (Å²) < 4.78 is 32.1. The Morgan fingerprint density at radius 2 is 2.18 bits per heavy atom. The van der Waals surface area contributed by atoms with Gasteiger partial charge in [0.1, 0.15) is 0 Å². The number of hydrogen-bond acceptors (Lipinski definition) is 2. The maximum atomic E-state index is 13.5. The quantitative estimate of drug-likeness (QED) is 0.433. The van der Waals surface area contributed by atoms with Crippen LogP contribution in [0.3, 0.4) is 0 Å². The van der Waals surface area contributed by atoms with E-state index >= 15 is 0 Å². The lowest BCUT2D eigenvalue weighted by atomic mass is 10.1. The van der Waals surface area contributed by atoms with Gasteiger partial charge in [-0.05, 0) is 30.9 Å². The van der Waals surface area contributed by atoms with Crippen molar-refractivity contribution in [2.24, 2.45) is 4.99 Å². The van der Waals surface area contributed by atoms with Gasteiger partial charge < -0.3 is 15.4 Å². The first-order valence-corrected chi connectivity index (χ1v) is 7.19. The van der Waals surface area contributed by atoms with Crippen LogP contribution in [0.2, 0.25) is 0 Å². The van der Waals surface area contributed by atoms with Crippen molar-refractivity contribution in [3.63, 3.8) is 0 Å². The molecule has 0 saturated carbocycles. The highest BCUT2D eigenvalue weighted by molar-refractivity contribution is 14.0. The molecule has 1 atom stereocenters. The highest BCUT2D eigenvalue weighted by Crippen LogP contribution is 2.11. The van der Waals surface area contributed by atoms with Crippen molar-refractivity contribution in [2.45, 2.75) is 25.4 Å². The maximum absolute atomic E-state index is 13.5. The minimum Gasteiger partial charge on any atom is -0.376 e. The summed E-state index contributed by atoms with van der Waals surface area (Å²) in [5, 5.41) is 6.25. The van der Waals surface area contributed by atoms with Crippen molar-refractivity contribution in [2.75, 3.05) is 26.7 Å². The number of guanidine groups is 1. The number of hydrogen-bond donors (Lipinski definition) is 2. The average Bonchev–Trinajstić information content (AvgIpc) is 3.00. The lowest BCUT2D eigenvalue weighted by Gasteiger charge is -2.15. The van der Waals surface area contributed by atoms with Crippen molar-refractivity contribution < 1.29 is 13.5 Å². The van der Waals surface area contributed by atoms with Crippen LogP contribution in [0.25, 0.3) is 0 Å². The number of nitrogens with zero attached hydrogens (tertiary/aromatic N) is 1. The summed E-state index contributed by atoms with van der Waals surface area (Å²) in [5.41, 5.74) is 0.358. The largest absolute Gasteiger partial charge is 0.376 e. The van der Waals surface area contributed by atoms with Crippen LogP contribution in [0.15, 0.2) is 23.2 Å². The fourth-order valence-electron chi connectivity index (χ4n) is 2.29. The van der Waals surface area contributed by atoms with E-state index in [1.54, 1.807) is 13.1 Å². The number of benzene rings is 1. The van der Waals surface area contributed by atoms with Crippen LogP contribution in [0.4, 0.5) is 8.78 Å². The van der Waals surface area contributed by atoms with Crippen LogP contribution < -0.4 is 10.6 Å². The summed E-state index contributed by atoms with van der Waals surface area (Å²) in [4.78, 5) is 4.09. The Bertz CT molecular complexity index is 494. The Morgan fingerprint density at radius 1 is 1.36 bits per heavy atom. The van der Waals surface area contributed by atoms with Crippen LogP contribution in [0, 0.1) is 11.6 Å². The van der Waals surface area contributed by atoms with E-state index in [9.17, 15) is 8.78 Å². The van der Waals surface area contributed by atoms with Gasteiger partial charge in [-0.25, -0.2) is 8.78 Å². The molecule has 1 aromatic rings. The molecule has 1 aliphatic heterocycles. The van der Waals surface area contributed by atoms with Crippen molar-refractivity contribution >= 4 is 29.9 Å². The molecule has 22 heavy (non-hydrogen) atoms. The highest BCUT2D eigenvalue weighted by atomic mass is 127. The molecule has 1 heterocycles. The number of halogens is 3. The van der Waals surface area contributed by atoms with E-state index < -0.39 is 11.6 Å². The van der Waals surface area contributed by atoms with Crippen LogP contribution >= 0.6 is 24.0 Å². The molecule has 0 aromatic heterocycles. The van der Waals surface area contributed by atoms with E-state index in [-0.39, 0.29) is 30.1 Å². The third-order valence-corrected chi connectivity index (χ3v) is 3.46. The lowest BCUT2D eigenvalue weighted by Crippen LogP contribution is -2.41. The summed E-state index contributed by atoms with van der Waals surface area (Å²) in [6.07, 6.45) is 2.77. The molecule has 0 radical (unpaired) electrons. The van der Waals surface area contributed by atoms with Crippen molar-refractivity contribution in [1.29, 1.82) is 0 Å². The minimum absolute atomic E-state index is 0. The molecule has 0 spiro atoms. The summed E-state index contributed by atoms with van der Waals surface area (Å²) >= 11 is 0. The second kappa shape index (κ2) is 9.94. The summed E-state index contributed by atoms with van der Waals surface area (Å²) in [7, 11) is 1.67. The van der Waals surface area contributed by atoms with E-state index in [0.717, 1.165) is 25.5 Å². The zero-order valence-corrected chi connectivity index (χ0v) is 14.9. The molecule has 0 amide bonds. The molecule has 2 N–H and O–H groups in total. The van der Waals surface area contributed by atoms with Gasteiger partial charge in [0.05, 0.1) is 6.10 Å². The van der Waals surface area contributed by atoms with Gasteiger partial charge in [0.25, 0.3) is 0 Å². The number of aliphatic imine (C=N–C) groups is 1. The zero-order chi connectivity index (χ0) is 15.1. The normalized spacial score (nSPS) is 18.0. The predicted molar refractivity (Wildman–Crippen MR) is 93.8 cm³/mol. The first-order valence-electron chi connectivity index (χ1n) is 7.19. The molecule has 4 nitrogen and oxygen atoms in total. The maximum Gasteiger partial charge on any atom is 0.191 e. The number of rotatable bonds is 5. The summed E-state index contributed by atoms with van der Waals surface area (Å²) in [6.45, 7) is 2.00. The van der Waals surface area contributed by atoms with Gasteiger partial charge in [0, 0.05) is 26.7 Å². The molecule has 1 unspecified atom stereocenters. The third kappa shape index (κ3) is 5.68.